The van der Waals surface area contributed by atoms with Crippen LogP contribution < -0.4 is 10.6 Å². The molecule has 0 aliphatic heterocycles. The van der Waals surface area contributed by atoms with Crippen LogP contribution >= 0.6 is 11.3 Å². The number of amides is 1. The van der Waals surface area contributed by atoms with Gasteiger partial charge in [0.15, 0.2) is 0 Å². The number of hydrogen-bond acceptors (Lipinski definition) is 3. The highest BCUT2D eigenvalue weighted by Crippen LogP contribution is 2.12. The maximum atomic E-state index is 11.1. The Hall–Kier alpha value is -0.870. The van der Waals surface area contributed by atoms with Gasteiger partial charge in [-0.05, 0) is 35.7 Å². The van der Waals surface area contributed by atoms with Crippen LogP contribution in [0, 0.1) is 6.92 Å². The molecule has 0 spiro atoms. The van der Waals surface area contributed by atoms with Crippen LogP contribution in [-0.4, -0.2) is 19.0 Å². The topological polar surface area (TPSA) is 41.1 Å². The van der Waals surface area contributed by atoms with Gasteiger partial charge in [-0.15, -0.1) is 0 Å². The number of aryl methyl sites for hydroxylation is 1. The van der Waals surface area contributed by atoms with Crippen molar-refractivity contribution in [3.8, 4) is 0 Å². The van der Waals surface area contributed by atoms with Crippen LogP contribution in [0.5, 0.6) is 0 Å². The van der Waals surface area contributed by atoms with Gasteiger partial charge in [-0.25, -0.2) is 0 Å². The minimum Gasteiger partial charge on any atom is -0.356 e. The lowest BCUT2D eigenvalue weighted by Gasteiger charge is -2.04. The highest BCUT2D eigenvalue weighted by atomic mass is 32.1. The van der Waals surface area contributed by atoms with Crippen LogP contribution in [0.1, 0.15) is 24.5 Å². The van der Waals surface area contributed by atoms with Crippen molar-refractivity contribution in [3.05, 3.63) is 21.9 Å². The largest absolute Gasteiger partial charge is 0.356 e. The summed E-state index contributed by atoms with van der Waals surface area (Å²) in [4.78, 5) is 11.1. The van der Waals surface area contributed by atoms with E-state index in [1.807, 2.05) is 6.92 Å². The summed E-state index contributed by atoms with van der Waals surface area (Å²) in [5.41, 5.74) is 2.65. The zero-order chi connectivity index (χ0) is 11.1. The van der Waals surface area contributed by atoms with Crippen LogP contribution in [-0.2, 0) is 11.3 Å². The molecular formula is C11H18N2OS. The fraction of sp³-hybridized carbons (Fsp3) is 0.545. The Balaban J connectivity index is 2.12. The highest BCUT2D eigenvalue weighted by molar-refractivity contribution is 7.08. The number of nitrogens with one attached hydrogen (secondary N) is 2. The Morgan fingerprint density at radius 2 is 2.27 bits per heavy atom. The zero-order valence-electron chi connectivity index (χ0n) is 9.30. The minimum atomic E-state index is 0.118. The van der Waals surface area contributed by atoms with Gasteiger partial charge in [0.1, 0.15) is 0 Å². The molecule has 0 aliphatic rings. The Kier molecular flexibility index (Phi) is 5.36. The first kappa shape index (κ1) is 12.2. The molecule has 0 aromatic carbocycles. The van der Waals surface area contributed by atoms with Gasteiger partial charge in [0.25, 0.3) is 0 Å². The molecule has 0 bridgehead atoms. The molecule has 0 radical (unpaired) electrons. The van der Waals surface area contributed by atoms with Gasteiger partial charge >= 0.3 is 0 Å². The molecule has 1 rings (SSSR count). The Morgan fingerprint density at radius 3 is 2.87 bits per heavy atom. The SMILES string of the molecule is CCNC(=O)CCNCc1cscc1C. The fourth-order valence-corrected chi connectivity index (χ4v) is 2.14. The quantitative estimate of drug-likeness (QED) is 0.725. The van der Waals surface area contributed by atoms with Gasteiger partial charge in [-0.2, -0.15) is 11.3 Å². The van der Waals surface area contributed by atoms with Crippen molar-refractivity contribution in [1.82, 2.24) is 10.6 Å². The van der Waals surface area contributed by atoms with Crippen LogP contribution in [0.2, 0.25) is 0 Å². The summed E-state index contributed by atoms with van der Waals surface area (Å²) < 4.78 is 0. The van der Waals surface area contributed by atoms with Crippen molar-refractivity contribution in [1.29, 1.82) is 0 Å². The van der Waals surface area contributed by atoms with Crippen molar-refractivity contribution >= 4 is 17.2 Å². The summed E-state index contributed by atoms with van der Waals surface area (Å²) in [6.45, 7) is 6.34. The lowest BCUT2D eigenvalue weighted by molar-refractivity contribution is -0.120. The maximum Gasteiger partial charge on any atom is 0.221 e. The predicted octanol–water partition coefficient (Wildman–Crippen LogP) is 1.67. The van der Waals surface area contributed by atoms with E-state index in [2.05, 4.69) is 28.3 Å². The second kappa shape index (κ2) is 6.58. The molecule has 84 valence electrons. The van der Waals surface area contributed by atoms with Crippen molar-refractivity contribution in [2.24, 2.45) is 0 Å². The maximum absolute atomic E-state index is 11.1. The third kappa shape index (κ3) is 4.44. The number of carbonyl (C=O) groups excluding carboxylic acids is 1. The van der Waals surface area contributed by atoms with Gasteiger partial charge < -0.3 is 10.6 Å². The molecule has 3 nitrogen and oxygen atoms in total. The molecule has 0 aliphatic carbocycles. The number of hydrogen-bond donors (Lipinski definition) is 2. The van der Waals surface area contributed by atoms with Crippen LogP contribution in [0.15, 0.2) is 10.8 Å². The van der Waals surface area contributed by atoms with Crippen LogP contribution in [0.4, 0.5) is 0 Å². The van der Waals surface area contributed by atoms with Crippen molar-refractivity contribution in [3.63, 3.8) is 0 Å². The summed E-state index contributed by atoms with van der Waals surface area (Å²) in [5, 5.41) is 10.3. The Labute approximate surface area is 94.9 Å². The van der Waals surface area contributed by atoms with E-state index >= 15 is 0 Å². The summed E-state index contributed by atoms with van der Waals surface area (Å²) in [7, 11) is 0. The molecule has 2 N–H and O–H groups in total. The second-order valence-corrected chi connectivity index (χ2v) is 4.20. The summed E-state index contributed by atoms with van der Waals surface area (Å²) in [6.07, 6.45) is 0.553. The van der Waals surface area contributed by atoms with Crippen molar-refractivity contribution in [2.45, 2.75) is 26.8 Å². The highest BCUT2D eigenvalue weighted by Gasteiger charge is 2.00. The van der Waals surface area contributed by atoms with E-state index in [-0.39, 0.29) is 5.91 Å². The molecule has 0 saturated carbocycles. The van der Waals surface area contributed by atoms with E-state index in [9.17, 15) is 4.79 Å². The second-order valence-electron chi connectivity index (χ2n) is 3.46. The van der Waals surface area contributed by atoms with Crippen LogP contribution in [0.3, 0.4) is 0 Å². The smallest absolute Gasteiger partial charge is 0.221 e. The molecule has 15 heavy (non-hydrogen) atoms. The third-order valence-electron chi connectivity index (χ3n) is 2.18. The first-order valence-electron chi connectivity index (χ1n) is 5.23. The number of thiophene rings is 1. The zero-order valence-corrected chi connectivity index (χ0v) is 10.1. The Bertz CT molecular complexity index is 309. The lowest BCUT2D eigenvalue weighted by atomic mass is 10.2. The Morgan fingerprint density at radius 1 is 1.47 bits per heavy atom. The van der Waals surface area contributed by atoms with E-state index in [1.165, 1.54) is 11.1 Å². The lowest BCUT2D eigenvalue weighted by Crippen LogP contribution is -2.27. The fourth-order valence-electron chi connectivity index (χ4n) is 1.28. The normalized spacial score (nSPS) is 10.3. The van der Waals surface area contributed by atoms with Gasteiger partial charge in [0.05, 0.1) is 0 Å². The average Bonchev–Trinajstić information content (AvgIpc) is 2.60. The molecule has 0 unspecified atom stereocenters. The average molecular weight is 226 g/mol. The summed E-state index contributed by atoms with van der Waals surface area (Å²) in [5.74, 6) is 0.118. The van der Waals surface area contributed by atoms with Crippen molar-refractivity contribution in [2.75, 3.05) is 13.1 Å². The molecule has 1 aromatic rings. The molecule has 1 amide bonds. The molecule has 0 atom stereocenters. The predicted molar refractivity (Wildman–Crippen MR) is 64.1 cm³/mol. The van der Waals surface area contributed by atoms with Crippen LogP contribution in [0.25, 0.3) is 0 Å². The number of rotatable bonds is 6. The molecule has 1 heterocycles. The van der Waals surface area contributed by atoms with Gasteiger partial charge in [0.2, 0.25) is 5.91 Å². The van der Waals surface area contributed by atoms with E-state index in [1.54, 1.807) is 11.3 Å². The number of carbonyl (C=O) groups is 1. The van der Waals surface area contributed by atoms with E-state index < -0.39 is 0 Å². The third-order valence-corrected chi connectivity index (χ3v) is 3.09. The van der Waals surface area contributed by atoms with Crippen molar-refractivity contribution < 1.29 is 4.79 Å². The first-order chi connectivity index (χ1) is 7.24. The van der Waals surface area contributed by atoms with Gasteiger partial charge in [-0.3, -0.25) is 4.79 Å². The molecule has 0 fully saturated rings. The van der Waals surface area contributed by atoms with E-state index in [0.717, 1.165) is 13.1 Å². The first-order valence-corrected chi connectivity index (χ1v) is 6.17. The molecule has 4 heteroatoms. The minimum absolute atomic E-state index is 0.118. The standard InChI is InChI=1S/C11H18N2OS/c1-3-13-11(14)4-5-12-6-10-8-15-7-9(10)2/h7-8,12H,3-6H2,1-2H3,(H,13,14). The monoisotopic (exact) mass is 226 g/mol. The molecule has 1 aromatic heterocycles. The molecule has 0 saturated heterocycles. The van der Waals surface area contributed by atoms with Gasteiger partial charge in [-0.1, -0.05) is 0 Å². The van der Waals surface area contributed by atoms with E-state index in [4.69, 9.17) is 0 Å². The van der Waals surface area contributed by atoms with E-state index in [0.29, 0.717) is 13.0 Å². The summed E-state index contributed by atoms with van der Waals surface area (Å²) in [6, 6.07) is 0. The van der Waals surface area contributed by atoms with Gasteiger partial charge in [0, 0.05) is 26.1 Å². The molecular weight excluding hydrogens is 208 g/mol. The summed E-state index contributed by atoms with van der Waals surface area (Å²) >= 11 is 1.72.